The average Bonchev–Trinajstić information content (AvgIpc) is 3.32. The van der Waals surface area contributed by atoms with Gasteiger partial charge in [0.15, 0.2) is 5.58 Å². The van der Waals surface area contributed by atoms with Gasteiger partial charge in [-0.15, -0.1) is 0 Å². The van der Waals surface area contributed by atoms with Crippen molar-refractivity contribution in [1.29, 1.82) is 0 Å². The third-order valence-corrected chi connectivity index (χ3v) is 5.58. The van der Waals surface area contributed by atoms with E-state index in [9.17, 15) is 14.0 Å². The smallest absolute Gasteiger partial charge is 0.300 e. The second-order valence-electron chi connectivity index (χ2n) is 7.82. The predicted octanol–water partition coefficient (Wildman–Crippen LogP) is 5.56. The molecule has 10 nitrogen and oxygen atoms in total. The highest BCUT2D eigenvalue weighted by molar-refractivity contribution is 6.34. The number of hydrogen-bond donors (Lipinski definition) is 3. The van der Waals surface area contributed by atoms with Gasteiger partial charge < -0.3 is 25.1 Å². The third kappa shape index (κ3) is 5.37. The first kappa shape index (κ1) is 24.7. The van der Waals surface area contributed by atoms with Crippen molar-refractivity contribution in [3.63, 3.8) is 0 Å². The van der Waals surface area contributed by atoms with E-state index in [4.69, 9.17) is 20.8 Å². The molecule has 0 bridgehead atoms. The number of nitrogens with one attached hydrogen (secondary N) is 3. The van der Waals surface area contributed by atoms with Crippen molar-refractivity contribution in [1.82, 2.24) is 20.3 Å². The van der Waals surface area contributed by atoms with E-state index in [0.717, 1.165) is 0 Å². The molecular weight excluding hydrogens is 515 g/mol. The minimum atomic E-state index is -0.888. The summed E-state index contributed by atoms with van der Waals surface area (Å²) in [5.41, 5.74) is 1.79. The lowest BCUT2D eigenvalue weighted by Gasteiger charge is -2.10. The zero-order valence-electron chi connectivity index (χ0n) is 19.7. The van der Waals surface area contributed by atoms with Crippen molar-refractivity contribution < 1.29 is 23.1 Å². The second-order valence-corrected chi connectivity index (χ2v) is 8.23. The third-order valence-electron chi connectivity index (χ3n) is 5.26. The molecule has 0 fully saturated rings. The van der Waals surface area contributed by atoms with E-state index >= 15 is 0 Å². The first-order valence-corrected chi connectivity index (χ1v) is 11.5. The van der Waals surface area contributed by atoms with Crippen LogP contribution in [0.25, 0.3) is 11.1 Å². The van der Waals surface area contributed by atoms with E-state index in [1.54, 1.807) is 42.5 Å². The lowest BCUT2D eigenvalue weighted by atomic mass is 10.2. The molecule has 3 aromatic heterocycles. The number of carbonyl (C=O) groups excluding carboxylic acids is 2. The van der Waals surface area contributed by atoms with Crippen molar-refractivity contribution in [2.75, 3.05) is 17.7 Å². The van der Waals surface area contributed by atoms with Crippen molar-refractivity contribution in [2.24, 2.45) is 0 Å². The monoisotopic (exact) mass is 532 g/mol. The van der Waals surface area contributed by atoms with Crippen LogP contribution in [-0.2, 0) is 0 Å². The lowest BCUT2D eigenvalue weighted by molar-refractivity contribution is 0.0956. The molecule has 0 radical (unpaired) electrons. The van der Waals surface area contributed by atoms with Crippen LogP contribution in [0.3, 0.4) is 0 Å². The Balaban J connectivity index is 1.32. The maximum Gasteiger partial charge on any atom is 0.300 e. The summed E-state index contributed by atoms with van der Waals surface area (Å²) in [6.07, 6.45) is 2.73. The van der Waals surface area contributed by atoms with Gasteiger partial charge in [0.25, 0.3) is 17.8 Å². The average molecular weight is 533 g/mol. The summed E-state index contributed by atoms with van der Waals surface area (Å²) in [5, 5.41) is 8.36. The fourth-order valence-corrected chi connectivity index (χ4v) is 3.62. The van der Waals surface area contributed by atoms with Crippen LogP contribution in [-0.4, -0.2) is 33.8 Å². The molecule has 38 heavy (non-hydrogen) atoms. The van der Waals surface area contributed by atoms with Crippen molar-refractivity contribution in [2.45, 2.75) is 0 Å². The molecule has 3 heterocycles. The molecule has 0 aliphatic heterocycles. The topological polar surface area (TPSA) is 131 Å². The van der Waals surface area contributed by atoms with Gasteiger partial charge in [0.1, 0.15) is 22.7 Å². The summed E-state index contributed by atoms with van der Waals surface area (Å²) in [7, 11) is 1.52. The molecule has 190 valence electrons. The number of anilines is 3. The number of carbonyl (C=O) groups is 2. The summed E-state index contributed by atoms with van der Waals surface area (Å²) in [6, 6.07) is 16.0. The molecule has 0 saturated carbocycles. The highest BCUT2D eigenvalue weighted by Gasteiger charge is 2.15. The first-order chi connectivity index (χ1) is 18.4. The van der Waals surface area contributed by atoms with Gasteiger partial charge in [-0.2, -0.15) is 9.37 Å². The minimum Gasteiger partial charge on any atom is -0.457 e. The minimum absolute atomic E-state index is 0.181. The van der Waals surface area contributed by atoms with Gasteiger partial charge in [-0.1, -0.05) is 11.6 Å². The lowest BCUT2D eigenvalue weighted by Crippen LogP contribution is -2.18. The van der Waals surface area contributed by atoms with E-state index in [-0.39, 0.29) is 33.9 Å². The largest absolute Gasteiger partial charge is 0.457 e. The first-order valence-electron chi connectivity index (χ1n) is 11.1. The Morgan fingerprint density at radius 1 is 0.974 bits per heavy atom. The van der Waals surface area contributed by atoms with Crippen LogP contribution in [0.5, 0.6) is 11.5 Å². The van der Waals surface area contributed by atoms with Crippen LogP contribution in [0.4, 0.5) is 21.8 Å². The van der Waals surface area contributed by atoms with Crippen LogP contribution in [0.15, 0.2) is 77.5 Å². The van der Waals surface area contributed by atoms with Crippen LogP contribution in [0.2, 0.25) is 5.02 Å². The summed E-state index contributed by atoms with van der Waals surface area (Å²) in [5.74, 6) is -0.999. The number of amides is 2. The molecule has 2 aromatic carbocycles. The van der Waals surface area contributed by atoms with E-state index < -0.39 is 11.9 Å². The van der Waals surface area contributed by atoms with Gasteiger partial charge in [0, 0.05) is 37.3 Å². The van der Waals surface area contributed by atoms with Gasteiger partial charge in [0.2, 0.25) is 5.95 Å². The standard InChI is InChI=1S/C26H18ClFN6O4/c1-29-25(36)21-13-16(8-10-30-21)37-15-5-7-22-20(12-15)34-26(38-22)32-14-4-6-18(27)19(11-14)33-24(35)17-3-2-9-31-23(17)28/h2-13H,1H3,(H,29,36)(H,32,34)(H,33,35). The summed E-state index contributed by atoms with van der Waals surface area (Å²) < 4.78 is 25.5. The number of fused-ring (bicyclic) bond motifs is 1. The van der Waals surface area contributed by atoms with Gasteiger partial charge in [0.05, 0.1) is 16.3 Å². The normalized spacial score (nSPS) is 10.7. The van der Waals surface area contributed by atoms with E-state index in [0.29, 0.717) is 28.3 Å². The molecule has 0 atom stereocenters. The number of hydrogen-bond acceptors (Lipinski definition) is 8. The zero-order valence-corrected chi connectivity index (χ0v) is 20.4. The molecule has 0 unspecified atom stereocenters. The molecule has 0 aliphatic rings. The number of pyridine rings is 2. The van der Waals surface area contributed by atoms with Crippen LogP contribution >= 0.6 is 11.6 Å². The Morgan fingerprint density at radius 2 is 1.82 bits per heavy atom. The summed E-state index contributed by atoms with van der Waals surface area (Å²) in [4.78, 5) is 36.2. The summed E-state index contributed by atoms with van der Waals surface area (Å²) >= 11 is 6.22. The fraction of sp³-hybridized carbons (Fsp3) is 0.0385. The van der Waals surface area contributed by atoms with Crippen molar-refractivity contribution in [3.8, 4) is 11.5 Å². The number of ether oxygens (including phenoxy) is 1. The van der Waals surface area contributed by atoms with Crippen molar-refractivity contribution >= 4 is 51.9 Å². The number of rotatable bonds is 7. The fourth-order valence-electron chi connectivity index (χ4n) is 3.45. The van der Waals surface area contributed by atoms with Crippen LogP contribution < -0.4 is 20.7 Å². The van der Waals surface area contributed by atoms with Gasteiger partial charge in [-0.25, -0.2) is 4.98 Å². The molecule has 5 rings (SSSR count). The zero-order chi connectivity index (χ0) is 26.6. The molecule has 5 aromatic rings. The number of halogens is 2. The Hall–Kier alpha value is -5.03. The highest BCUT2D eigenvalue weighted by Crippen LogP contribution is 2.31. The second kappa shape index (κ2) is 10.5. The number of benzene rings is 2. The van der Waals surface area contributed by atoms with E-state index in [2.05, 4.69) is 30.9 Å². The Bertz CT molecular complexity index is 1680. The molecule has 3 N–H and O–H groups in total. The number of nitrogens with zero attached hydrogens (tertiary/aromatic N) is 3. The van der Waals surface area contributed by atoms with Gasteiger partial charge in [-0.05, 0) is 48.5 Å². The Morgan fingerprint density at radius 3 is 2.63 bits per heavy atom. The van der Waals surface area contributed by atoms with E-state index in [1.807, 2.05) is 0 Å². The molecule has 12 heteroatoms. The molecule has 0 aliphatic carbocycles. The maximum atomic E-state index is 13.9. The maximum absolute atomic E-state index is 13.9. The highest BCUT2D eigenvalue weighted by atomic mass is 35.5. The predicted molar refractivity (Wildman–Crippen MR) is 139 cm³/mol. The molecule has 2 amide bonds. The number of aromatic nitrogens is 3. The van der Waals surface area contributed by atoms with E-state index in [1.165, 1.54) is 37.6 Å². The van der Waals surface area contributed by atoms with Gasteiger partial charge in [-0.3, -0.25) is 14.6 Å². The Labute approximate surface area is 219 Å². The van der Waals surface area contributed by atoms with Crippen LogP contribution in [0, 0.1) is 5.95 Å². The molecular formula is C26H18ClFN6O4. The summed E-state index contributed by atoms with van der Waals surface area (Å²) in [6.45, 7) is 0. The number of oxazole rings is 1. The quantitative estimate of drug-likeness (QED) is 0.232. The molecule has 0 saturated heterocycles. The van der Waals surface area contributed by atoms with Gasteiger partial charge >= 0.3 is 0 Å². The Kier molecular flexibility index (Phi) is 6.83. The SMILES string of the molecule is CNC(=O)c1cc(Oc2ccc3oc(Nc4ccc(Cl)c(NC(=O)c5cccnc5F)c4)nc3c2)ccn1. The van der Waals surface area contributed by atoms with Crippen LogP contribution in [0.1, 0.15) is 20.8 Å². The van der Waals surface area contributed by atoms with Crippen molar-refractivity contribution in [3.05, 3.63) is 95.3 Å². The molecule has 0 spiro atoms.